The highest BCUT2D eigenvalue weighted by molar-refractivity contribution is 7.91. The lowest BCUT2D eigenvalue weighted by molar-refractivity contribution is 0.458. The summed E-state index contributed by atoms with van der Waals surface area (Å²) in [6, 6.07) is 12.7. The molecule has 0 unspecified atom stereocenters. The summed E-state index contributed by atoms with van der Waals surface area (Å²) in [5, 5.41) is 13.1. The van der Waals surface area contributed by atoms with Crippen LogP contribution in [0.15, 0.2) is 64.5 Å². The number of rotatable bonds is 3. The van der Waals surface area contributed by atoms with Crippen LogP contribution in [0, 0.1) is 5.82 Å². The van der Waals surface area contributed by atoms with Crippen molar-refractivity contribution in [3.63, 3.8) is 0 Å². The van der Waals surface area contributed by atoms with E-state index in [2.05, 4.69) is 5.10 Å². The van der Waals surface area contributed by atoms with Gasteiger partial charge in [0.2, 0.25) is 14.9 Å². The highest BCUT2D eigenvalue weighted by atomic mass is 35.5. The number of halogens is 2. The van der Waals surface area contributed by atoms with Gasteiger partial charge in [-0.3, -0.25) is 0 Å². The van der Waals surface area contributed by atoms with E-state index < -0.39 is 26.4 Å². The predicted octanol–water partition coefficient (Wildman–Crippen LogP) is 3.20. The first kappa shape index (κ1) is 15.5. The van der Waals surface area contributed by atoms with Gasteiger partial charge in [-0.1, -0.05) is 29.8 Å². The molecule has 0 saturated carbocycles. The van der Waals surface area contributed by atoms with Crippen LogP contribution in [0.3, 0.4) is 0 Å². The summed E-state index contributed by atoms with van der Waals surface area (Å²) in [7, 11) is -4.03. The summed E-state index contributed by atoms with van der Waals surface area (Å²) >= 11 is 5.97. The van der Waals surface area contributed by atoms with Crippen molar-refractivity contribution in [1.82, 2.24) is 9.78 Å². The molecule has 0 aliphatic heterocycles. The van der Waals surface area contributed by atoms with Crippen LogP contribution in [0.2, 0.25) is 5.15 Å². The SMILES string of the molecule is O=S(=O)(c1ccccc1)c1nn(-c2ccc(F)cc2)c(Cl)c1O. The van der Waals surface area contributed by atoms with Crippen LogP contribution in [0.5, 0.6) is 5.75 Å². The zero-order valence-electron chi connectivity index (χ0n) is 11.5. The van der Waals surface area contributed by atoms with Crippen LogP contribution >= 0.6 is 11.6 Å². The fourth-order valence-electron chi connectivity index (χ4n) is 2.02. The Bertz CT molecular complexity index is 954. The first-order valence-corrected chi connectivity index (χ1v) is 8.31. The van der Waals surface area contributed by atoms with E-state index in [-0.39, 0.29) is 10.0 Å². The molecule has 0 fully saturated rings. The minimum atomic E-state index is -4.03. The van der Waals surface area contributed by atoms with E-state index in [1.807, 2.05) is 0 Å². The molecule has 118 valence electrons. The average Bonchev–Trinajstić information content (AvgIpc) is 2.86. The molecule has 8 heteroatoms. The lowest BCUT2D eigenvalue weighted by Gasteiger charge is -2.02. The third-order valence-corrected chi connectivity index (χ3v) is 5.17. The second-order valence-corrected chi connectivity index (χ2v) is 6.87. The first-order chi connectivity index (χ1) is 10.9. The van der Waals surface area contributed by atoms with Crippen LogP contribution in [0.25, 0.3) is 5.69 Å². The smallest absolute Gasteiger partial charge is 0.229 e. The molecule has 1 aromatic heterocycles. The molecule has 3 rings (SSSR count). The number of sulfone groups is 1. The maximum absolute atomic E-state index is 13.0. The maximum Gasteiger partial charge on any atom is 0.229 e. The molecule has 1 heterocycles. The Morgan fingerprint density at radius 2 is 1.65 bits per heavy atom. The normalized spacial score (nSPS) is 11.6. The molecule has 0 amide bonds. The van der Waals surface area contributed by atoms with Gasteiger partial charge in [0.05, 0.1) is 10.6 Å². The zero-order valence-corrected chi connectivity index (χ0v) is 13.1. The fourth-order valence-corrected chi connectivity index (χ4v) is 3.58. The van der Waals surface area contributed by atoms with Crippen molar-refractivity contribution < 1.29 is 17.9 Å². The minimum Gasteiger partial charge on any atom is -0.503 e. The van der Waals surface area contributed by atoms with Crippen LogP contribution in [0.1, 0.15) is 0 Å². The van der Waals surface area contributed by atoms with Crippen molar-refractivity contribution in [3.05, 3.63) is 65.6 Å². The Kier molecular flexibility index (Phi) is 3.83. The van der Waals surface area contributed by atoms with Gasteiger partial charge < -0.3 is 5.11 Å². The topological polar surface area (TPSA) is 72.2 Å². The molecule has 0 spiro atoms. The molecule has 0 aliphatic rings. The zero-order chi connectivity index (χ0) is 16.6. The van der Waals surface area contributed by atoms with Crippen molar-refractivity contribution in [2.24, 2.45) is 0 Å². The fraction of sp³-hybridized carbons (Fsp3) is 0. The number of benzene rings is 2. The van der Waals surface area contributed by atoms with Gasteiger partial charge in [0.15, 0.2) is 10.9 Å². The molecule has 3 aromatic rings. The first-order valence-electron chi connectivity index (χ1n) is 6.45. The van der Waals surface area contributed by atoms with Gasteiger partial charge in [0.1, 0.15) is 5.82 Å². The van der Waals surface area contributed by atoms with Gasteiger partial charge in [0, 0.05) is 0 Å². The molecule has 1 N–H and O–H groups in total. The standard InChI is InChI=1S/C15H10ClFN2O3S/c16-14-13(20)15(23(21,22)12-4-2-1-3-5-12)18-19(14)11-8-6-10(17)7-9-11/h1-9,20H. The van der Waals surface area contributed by atoms with Crippen molar-refractivity contribution in [2.75, 3.05) is 0 Å². The van der Waals surface area contributed by atoms with Crippen molar-refractivity contribution >= 4 is 21.4 Å². The summed E-state index contributed by atoms with van der Waals surface area (Å²) in [6.07, 6.45) is 0. The number of hydrogen-bond acceptors (Lipinski definition) is 4. The van der Waals surface area contributed by atoms with Crippen molar-refractivity contribution in [1.29, 1.82) is 0 Å². The summed E-state index contributed by atoms with van der Waals surface area (Å²) in [4.78, 5) is -0.0178. The van der Waals surface area contributed by atoms with Gasteiger partial charge in [-0.15, -0.1) is 0 Å². The molecule has 0 radical (unpaired) electrons. The number of nitrogens with zero attached hydrogens (tertiary/aromatic N) is 2. The second kappa shape index (κ2) is 5.68. The molecule has 0 aliphatic carbocycles. The Morgan fingerprint density at radius 3 is 2.26 bits per heavy atom. The maximum atomic E-state index is 13.0. The quantitative estimate of drug-likeness (QED) is 0.785. The highest BCUT2D eigenvalue weighted by Gasteiger charge is 2.29. The molecular formula is C15H10ClFN2O3S. The van der Waals surface area contributed by atoms with Gasteiger partial charge in [-0.2, -0.15) is 5.10 Å². The Labute approximate surface area is 136 Å². The molecule has 0 bridgehead atoms. The molecule has 2 aromatic carbocycles. The molecule has 0 atom stereocenters. The summed E-state index contributed by atoms with van der Waals surface area (Å²) in [5.74, 6) is -1.11. The van der Waals surface area contributed by atoms with Crippen LogP contribution < -0.4 is 0 Å². The van der Waals surface area contributed by atoms with Crippen LogP contribution in [-0.4, -0.2) is 23.3 Å². The third kappa shape index (κ3) is 2.69. The van der Waals surface area contributed by atoms with Gasteiger partial charge in [0.25, 0.3) is 0 Å². The van der Waals surface area contributed by atoms with Gasteiger partial charge in [-0.25, -0.2) is 17.5 Å². The molecule has 5 nitrogen and oxygen atoms in total. The Balaban J connectivity index is 2.16. The van der Waals surface area contributed by atoms with E-state index in [0.29, 0.717) is 5.69 Å². The van der Waals surface area contributed by atoms with Crippen LogP contribution in [0.4, 0.5) is 4.39 Å². The number of aromatic nitrogens is 2. The Hall–Kier alpha value is -2.38. The van der Waals surface area contributed by atoms with E-state index in [4.69, 9.17) is 11.6 Å². The monoisotopic (exact) mass is 352 g/mol. The molecular weight excluding hydrogens is 343 g/mol. The summed E-state index contributed by atoms with van der Waals surface area (Å²) < 4.78 is 39.1. The number of aromatic hydroxyl groups is 1. The average molecular weight is 353 g/mol. The largest absolute Gasteiger partial charge is 0.503 e. The van der Waals surface area contributed by atoms with E-state index in [1.165, 1.54) is 36.4 Å². The highest BCUT2D eigenvalue weighted by Crippen LogP contribution is 2.35. The van der Waals surface area contributed by atoms with Crippen molar-refractivity contribution in [3.8, 4) is 11.4 Å². The lowest BCUT2D eigenvalue weighted by atomic mass is 10.3. The molecule has 0 saturated heterocycles. The van der Waals surface area contributed by atoms with E-state index in [0.717, 1.165) is 4.68 Å². The predicted molar refractivity (Wildman–Crippen MR) is 82.1 cm³/mol. The number of hydrogen-bond donors (Lipinski definition) is 1. The van der Waals surface area contributed by atoms with E-state index in [1.54, 1.807) is 18.2 Å². The van der Waals surface area contributed by atoms with Crippen LogP contribution in [-0.2, 0) is 9.84 Å². The van der Waals surface area contributed by atoms with E-state index >= 15 is 0 Å². The second-order valence-electron chi connectivity index (χ2n) is 4.65. The van der Waals surface area contributed by atoms with Gasteiger partial charge in [-0.05, 0) is 36.4 Å². The molecule has 23 heavy (non-hydrogen) atoms. The third-order valence-electron chi connectivity index (χ3n) is 3.15. The Morgan fingerprint density at radius 1 is 1.04 bits per heavy atom. The van der Waals surface area contributed by atoms with Gasteiger partial charge >= 0.3 is 0 Å². The van der Waals surface area contributed by atoms with E-state index in [9.17, 15) is 17.9 Å². The minimum absolute atomic E-state index is 0.0178. The summed E-state index contributed by atoms with van der Waals surface area (Å²) in [5.41, 5.74) is 0.321. The summed E-state index contributed by atoms with van der Waals surface area (Å²) in [6.45, 7) is 0. The lowest BCUT2D eigenvalue weighted by Crippen LogP contribution is -2.04. The van der Waals surface area contributed by atoms with Crippen molar-refractivity contribution in [2.45, 2.75) is 9.92 Å².